The third kappa shape index (κ3) is 5.80. The number of carbonyl (C=O) groups excluding carboxylic acids is 2. The highest BCUT2D eigenvalue weighted by Gasteiger charge is 2.11. The smallest absolute Gasteiger partial charge is 0.344 e. The van der Waals surface area contributed by atoms with Gasteiger partial charge in [-0.3, -0.25) is 10.1 Å². The zero-order valence-corrected chi connectivity index (χ0v) is 16.5. The molecule has 0 aliphatic carbocycles. The monoisotopic (exact) mass is 416 g/mol. The molecular weight excluding hydrogens is 400 g/mol. The Morgan fingerprint density at radius 1 is 1.07 bits per heavy atom. The Kier molecular flexibility index (Phi) is 6.62. The Labute approximate surface area is 171 Å². The van der Waals surface area contributed by atoms with Crippen molar-refractivity contribution in [3.8, 4) is 17.0 Å². The molecule has 3 aromatic rings. The molecule has 0 unspecified atom stereocenters. The fourth-order valence-corrected chi connectivity index (χ4v) is 3.07. The van der Waals surface area contributed by atoms with E-state index in [4.69, 9.17) is 21.1 Å². The fraction of sp³-hybridized carbons (Fsp3) is 0.150. The molecule has 1 N–H and O–H groups in total. The first kappa shape index (κ1) is 19.9. The summed E-state index contributed by atoms with van der Waals surface area (Å²) in [6, 6.07) is 14.5. The summed E-state index contributed by atoms with van der Waals surface area (Å²) in [7, 11) is 0. The third-order valence-corrected chi connectivity index (χ3v) is 4.64. The van der Waals surface area contributed by atoms with E-state index in [1.54, 1.807) is 24.3 Å². The van der Waals surface area contributed by atoms with Crippen molar-refractivity contribution in [1.29, 1.82) is 0 Å². The van der Waals surface area contributed by atoms with Gasteiger partial charge in [0.2, 0.25) is 0 Å². The van der Waals surface area contributed by atoms with E-state index in [0.717, 1.165) is 16.8 Å². The van der Waals surface area contributed by atoms with Gasteiger partial charge in [0.15, 0.2) is 18.3 Å². The number of nitrogens with one attached hydrogen (secondary N) is 1. The van der Waals surface area contributed by atoms with Crippen LogP contribution in [-0.2, 0) is 14.3 Å². The van der Waals surface area contributed by atoms with E-state index in [1.165, 1.54) is 11.3 Å². The van der Waals surface area contributed by atoms with Gasteiger partial charge in [-0.2, -0.15) is 0 Å². The number of anilines is 1. The van der Waals surface area contributed by atoms with Gasteiger partial charge >= 0.3 is 5.97 Å². The number of thiazole rings is 1. The van der Waals surface area contributed by atoms with Crippen LogP contribution in [0, 0.1) is 6.92 Å². The van der Waals surface area contributed by atoms with Crippen LogP contribution in [0.25, 0.3) is 11.3 Å². The molecule has 6 nitrogen and oxygen atoms in total. The highest BCUT2D eigenvalue weighted by Crippen LogP contribution is 2.25. The lowest BCUT2D eigenvalue weighted by atomic mass is 10.1. The molecule has 0 saturated heterocycles. The predicted octanol–water partition coefficient (Wildman–Crippen LogP) is 4.33. The second-order valence-electron chi connectivity index (χ2n) is 5.86. The number of hydrogen-bond donors (Lipinski definition) is 1. The first-order chi connectivity index (χ1) is 13.5. The van der Waals surface area contributed by atoms with Crippen LogP contribution in [0.15, 0.2) is 53.9 Å². The highest BCUT2D eigenvalue weighted by atomic mass is 35.5. The van der Waals surface area contributed by atoms with Crippen molar-refractivity contribution in [3.05, 3.63) is 64.5 Å². The SMILES string of the molecule is Cc1ccc(-c2csc(NC(=O)COC(=O)COc3ccc(Cl)cc3)n2)cc1. The quantitative estimate of drug-likeness (QED) is 0.580. The van der Waals surface area contributed by atoms with Crippen molar-refractivity contribution in [2.24, 2.45) is 0 Å². The zero-order chi connectivity index (χ0) is 19.9. The summed E-state index contributed by atoms with van der Waals surface area (Å²) in [4.78, 5) is 28.0. The molecule has 1 heterocycles. The van der Waals surface area contributed by atoms with Crippen LogP contribution in [0.3, 0.4) is 0 Å². The van der Waals surface area contributed by atoms with Gasteiger partial charge in [0, 0.05) is 16.0 Å². The first-order valence-corrected chi connectivity index (χ1v) is 9.62. The molecular formula is C20H17ClN2O4S. The van der Waals surface area contributed by atoms with E-state index >= 15 is 0 Å². The summed E-state index contributed by atoms with van der Waals surface area (Å²) in [5, 5.41) is 5.48. The Hall–Kier alpha value is -2.90. The highest BCUT2D eigenvalue weighted by molar-refractivity contribution is 7.14. The maximum absolute atomic E-state index is 11.9. The van der Waals surface area contributed by atoms with Gasteiger partial charge in [0.05, 0.1) is 5.69 Å². The van der Waals surface area contributed by atoms with E-state index in [0.29, 0.717) is 15.9 Å². The molecule has 0 fully saturated rings. The molecule has 0 aliphatic heterocycles. The van der Waals surface area contributed by atoms with Crippen molar-refractivity contribution in [3.63, 3.8) is 0 Å². The molecule has 0 atom stereocenters. The summed E-state index contributed by atoms with van der Waals surface area (Å²) >= 11 is 7.07. The number of benzene rings is 2. The molecule has 28 heavy (non-hydrogen) atoms. The predicted molar refractivity (Wildman–Crippen MR) is 109 cm³/mol. The molecule has 0 saturated carbocycles. The van der Waals surface area contributed by atoms with Gasteiger partial charge in [-0.15, -0.1) is 11.3 Å². The summed E-state index contributed by atoms with van der Waals surface area (Å²) < 4.78 is 10.2. The molecule has 0 bridgehead atoms. The minimum atomic E-state index is -0.649. The summed E-state index contributed by atoms with van der Waals surface area (Å²) in [6.45, 7) is 1.30. The molecule has 2 aromatic carbocycles. The van der Waals surface area contributed by atoms with Crippen molar-refractivity contribution in [2.75, 3.05) is 18.5 Å². The number of amides is 1. The van der Waals surface area contributed by atoms with E-state index in [-0.39, 0.29) is 6.61 Å². The van der Waals surface area contributed by atoms with Crippen LogP contribution in [-0.4, -0.2) is 30.1 Å². The topological polar surface area (TPSA) is 77.5 Å². The Balaban J connectivity index is 1.43. The molecule has 0 spiro atoms. The van der Waals surface area contributed by atoms with Gasteiger partial charge < -0.3 is 9.47 Å². The van der Waals surface area contributed by atoms with Crippen LogP contribution >= 0.6 is 22.9 Å². The molecule has 3 rings (SSSR count). The molecule has 1 aromatic heterocycles. The number of aryl methyl sites for hydroxylation is 1. The number of ether oxygens (including phenoxy) is 2. The average molecular weight is 417 g/mol. The lowest BCUT2D eigenvalue weighted by Crippen LogP contribution is -2.23. The minimum Gasteiger partial charge on any atom is -0.482 e. The zero-order valence-electron chi connectivity index (χ0n) is 15.0. The van der Waals surface area contributed by atoms with Crippen LogP contribution < -0.4 is 10.1 Å². The molecule has 1 amide bonds. The van der Waals surface area contributed by atoms with E-state index in [9.17, 15) is 9.59 Å². The second-order valence-corrected chi connectivity index (χ2v) is 7.15. The van der Waals surface area contributed by atoms with Gasteiger partial charge in [-0.05, 0) is 31.2 Å². The summed E-state index contributed by atoms with van der Waals surface area (Å²) in [6.07, 6.45) is 0. The average Bonchev–Trinajstić information content (AvgIpc) is 3.15. The number of esters is 1. The van der Waals surface area contributed by atoms with Gasteiger partial charge in [-0.25, -0.2) is 9.78 Å². The number of aromatic nitrogens is 1. The maximum atomic E-state index is 11.9. The van der Waals surface area contributed by atoms with Crippen molar-refractivity contribution in [1.82, 2.24) is 4.98 Å². The summed E-state index contributed by atoms with van der Waals surface area (Å²) in [5.41, 5.74) is 2.90. The summed E-state index contributed by atoms with van der Waals surface area (Å²) in [5.74, 6) is -0.633. The van der Waals surface area contributed by atoms with Crippen LogP contribution in [0.1, 0.15) is 5.56 Å². The van der Waals surface area contributed by atoms with Crippen molar-refractivity contribution < 1.29 is 19.1 Å². The largest absolute Gasteiger partial charge is 0.482 e. The Bertz CT molecular complexity index is 955. The van der Waals surface area contributed by atoms with Gasteiger partial charge in [0.1, 0.15) is 5.75 Å². The number of carbonyl (C=O) groups is 2. The lowest BCUT2D eigenvalue weighted by molar-refractivity contribution is -0.149. The molecule has 0 radical (unpaired) electrons. The first-order valence-electron chi connectivity index (χ1n) is 8.36. The second kappa shape index (κ2) is 9.34. The minimum absolute atomic E-state index is 0.302. The fourth-order valence-electron chi connectivity index (χ4n) is 2.20. The van der Waals surface area contributed by atoms with Crippen molar-refractivity contribution >= 4 is 39.9 Å². The Morgan fingerprint density at radius 2 is 1.79 bits per heavy atom. The third-order valence-electron chi connectivity index (χ3n) is 3.63. The number of nitrogens with zero attached hydrogens (tertiary/aromatic N) is 1. The van der Waals surface area contributed by atoms with Crippen molar-refractivity contribution in [2.45, 2.75) is 6.92 Å². The molecule has 0 aliphatic rings. The van der Waals surface area contributed by atoms with E-state index < -0.39 is 18.5 Å². The molecule has 8 heteroatoms. The van der Waals surface area contributed by atoms with Gasteiger partial charge in [-0.1, -0.05) is 41.4 Å². The van der Waals surface area contributed by atoms with E-state index in [2.05, 4.69) is 10.3 Å². The number of hydrogen-bond acceptors (Lipinski definition) is 6. The lowest BCUT2D eigenvalue weighted by Gasteiger charge is -2.07. The van der Waals surface area contributed by atoms with E-state index in [1.807, 2.05) is 36.6 Å². The number of halogens is 1. The van der Waals surface area contributed by atoms with Gasteiger partial charge in [0.25, 0.3) is 5.91 Å². The maximum Gasteiger partial charge on any atom is 0.344 e. The normalized spacial score (nSPS) is 10.4. The Morgan fingerprint density at radius 3 is 2.50 bits per heavy atom. The standard InChI is InChI=1S/C20H17ClN2O4S/c1-13-2-4-14(5-3-13)17-12-28-20(22-17)23-18(24)10-27-19(25)11-26-16-8-6-15(21)7-9-16/h2-9,12H,10-11H2,1H3,(H,22,23,24). The van der Waals surface area contributed by atoms with Crippen LogP contribution in [0.5, 0.6) is 5.75 Å². The van der Waals surface area contributed by atoms with Crippen LogP contribution in [0.2, 0.25) is 5.02 Å². The molecule has 144 valence electrons. The van der Waals surface area contributed by atoms with Crippen LogP contribution in [0.4, 0.5) is 5.13 Å². The number of rotatable bonds is 7.